The number of methoxy groups -OCH3 is 2. The number of hydrogen-bond acceptors (Lipinski definition) is 4. The molecule has 16 heavy (non-hydrogen) atoms. The van der Waals surface area contributed by atoms with Gasteiger partial charge in [0.15, 0.2) is 0 Å². The van der Waals surface area contributed by atoms with Gasteiger partial charge in [0.25, 0.3) is 0 Å². The van der Waals surface area contributed by atoms with Crippen molar-refractivity contribution in [1.29, 1.82) is 0 Å². The van der Waals surface area contributed by atoms with Crippen LogP contribution in [0.5, 0.6) is 5.75 Å². The minimum absolute atomic E-state index is 0.749. The van der Waals surface area contributed by atoms with E-state index in [2.05, 4.69) is 10.6 Å². The maximum absolute atomic E-state index is 5.14. The summed E-state index contributed by atoms with van der Waals surface area (Å²) in [5, 5.41) is 6.58. The Balaban J connectivity index is 2.16. The van der Waals surface area contributed by atoms with Gasteiger partial charge in [0.2, 0.25) is 0 Å². The van der Waals surface area contributed by atoms with Gasteiger partial charge in [-0.1, -0.05) is 6.07 Å². The third-order valence-electron chi connectivity index (χ3n) is 2.18. The summed E-state index contributed by atoms with van der Waals surface area (Å²) in [5.74, 6) is 0.873. The van der Waals surface area contributed by atoms with Crippen LogP contribution >= 0.6 is 0 Å². The molecule has 0 saturated heterocycles. The number of anilines is 1. The zero-order valence-corrected chi connectivity index (χ0v) is 9.95. The van der Waals surface area contributed by atoms with Crippen LogP contribution in [0.4, 0.5) is 5.69 Å². The summed E-state index contributed by atoms with van der Waals surface area (Å²) in [6.07, 6.45) is 0. The Labute approximate surface area is 96.9 Å². The van der Waals surface area contributed by atoms with E-state index in [1.54, 1.807) is 14.2 Å². The molecule has 4 heteroatoms. The van der Waals surface area contributed by atoms with Crippen LogP contribution in [0.25, 0.3) is 0 Å². The average Bonchev–Trinajstić information content (AvgIpc) is 2.34. The first-order valence-electron chi connectivity index (χ1n) is 5.44. The summed E-state index contributed by atoms with van der Waals surface area (Å²) in [6, 6.07) is 7.91. The van der Waals surface area contributed by atoms with Crippen molar-refractivity contribution < 1.29 is 9.47 Å². The first kappa shape index (κ1) is 12.8. The molecule has 0 aliphatic rings. The van der Waals surface area contributed by atoms with E-state index < -0.39 is 0 Å². The number of benzene rings is 1. The molecule has 0 fully saturated rings. The van der Waals surface area contributed by atoms with E-state index in [9.17, 15) is 0 Å². The summed E-state index contributed by atoms with van der Waals surface area (Å²) >= 11 is 0. The van der Waals surface area contributed by atoms with Crippen molar-refractivity contribution in [3.63, 3.8) is 0 Å². The van der Waals surface area contributed by atoms with Crippen LogP contribution in [0.3, 0.4) is 0 Å². The lowest BCUT2D eigenvalue weighted by Gasteiger charge is -2.08. The predicted molar refractivity (Wildman–Crippen MR) is 66.2 cm³/mol. The standard InChI is InChI=1S/C12H20N2O2/c1-15-9-8-13-6-7-14-11-4-3-5-12(10-11)16-2/h3-5,10,13-14H,6-9H2,1-2H3. The summed E-state index contributed by atoms with van der Waals surface area (Å²) in [7, 11) is 3.38. The highest BCUT2D eigenvalue weighted by atomic mass is 16.5. The van der Waals surface area contributed by atoms with Crippen molar-refractivity contribution in [2.45, 2.75) is 0 Å². The van der Waals surface area contributed by atoms with Crippen LogP contribution in [0.2, 0.25) is 0 Å². The molecule has 0 atom stereocenters. The molecule has 0 aliphatic carbocycles. The number of ether oxygens (including phenoxy) is 2. The second-order valence-corrected chi connectivity index (χ2v) is 3.40. The Morgan fingerprint density at radius 3 is 2.75 bits per heavy atom. The molecule has 0 aliphatic heterocycles. The Morgan fingerprint density at radius 2 is 2.00 bits per heavy atom. The Morgan fingerprint density at radius 1 is 1.12 bits per heavy atom. The molecule has 4 nitrogen and oxygen atoms in total. The zero-order valence-electron chi connectivity index (χ0n) is 9.95. The fourth-order valence-electron chi connectivity index (χ4n) is 1.33. The summed E-state index contributed by atoms with van der Waals surface area (Å²) in [4.78, 5) is 0. The van der Waals surface area contributed by atoms with Gasteiger partial charge in [-0.15, -0.1) is 0 Å². The van der Waals surface area contributed by atoms with Gasteiger partial charge in [0.05, 0.1) is 13.7 Å². The van der Waals surface area contributed by atoms with E-state index in [1.165, 1.54) is 0 Å². The van der Waals surface area contributed by atoms with Crippen molar-refractivity contribution in [2.24, 2.45) is 0 Å². The predicted octanol–water partition coefficient (Wildman–Crippen LogP) is 1.34. The van der Waals surface area contributed by atoms with Crippen molar-refractivity contribution >= 4 is 5.69 Å². The molecule has 1 rings (SSSR count). The average molecular weight is 224 g/mol. The Bertz CT molecular complexity index is 292. The zero-order chi connectivity index (χ0) is 11.6. The molecule has 1 aromatic rings. The molecule has 0 aromatic heterocycles. The van der Waals surface area contributed by atoms with E-state index in [1.807, 2.05) is 24.3 Å². The van der Waals surface area contributed by atoms with Gasteiger partial charge in [0.1, 0.15) is 5.75 Å². The molecule has 90 valence electrons. The van der Waals surface area contributed by atoms with Gasteiger partial charge in [-0.2, -0.15) is 0 Å². The highest BCUT2D eigenvalue weighted by molar-refractivity contribution is 5.48. The van der Waals surface area contributed by atoms with Crippen molar-refractivity contribution in [2.75, 3.05) is 45.8 Å². The van der Waals surface area contributed by atoms with E-state index in [-0.39, 0.29) is 0 Å². The minimum atomic E-state index is 0.749. The minimum Gasteiger partial charge on any atom is -0.497 e. The fourth-order valence-corrected chi connectivity index (χ4v) is 1.33. The van der Waals surface area contributed by atoms with Gasteiger partial charge in [-0.05, 0) is 12.1 Å². The van der Waals surface area contributed by atoms with Crippen molar-refractivity contribution in [3.05, 3.63) is 24.3 Å². The summed E-state index contributed by atoms with van der Waals surface area (Å²) in [6.45, 7) is 3.44. The lowest BCUT2D eigenvalue weighted by atomic mass is 10.3. The quantitative estimate of drug-likeness (QED) is 0.654. The fraction of sp³-hybridized carbons (Fsp3) is 0.500. The molecule has 0 bridgehead atoms. The normalized spacial score (nSPS) is 10.1. The lowest BCUT2D eigenvalue weighted by molar-refractivity contribution is 0.200. The first-order chi connectivity index (χ1) is 7.86. The molecular formula is C12H20N2O2. The van der Waals surface area contributed by atoms with Crippen LogP contribution in [0, 0.1) is 0 Å². The van der Waals surface area contributed by atoms with Crippen molar-refractivity contribution in [1.82, 2.24) is 5.32 Å². The molecule has 0 unspecified atom stereocenters. The Kier molecular flexibility index (Phi) is 6.37. The van der Waals surface area contributed by atoms with E-state index in [0.717, 1.165) is 37.7 Å². The second kappa shape index (κ2) is 7.96. The summed E-state index contributed by atoms with van der Waals surface area (Å²) in [5.41, 5.74) is 1.08. The smallest absolute Gasteiger partial charge is 0.120 e. The van der Waals surface area contributed by atoms with Gasteiger partial charge in [0, 0.05) is 38.5 Å². The van der Waals surface area contributed by atoms with Gasteiger partial charge >= 0.3 is 0 Å². The SMILES string of the molecule is COCCNCCNc1cccc(OC)c1. The molecule has 1 aromatic carbocycles. The first-order valence-corrected chi connectivity index (χ1v) is 5.44. The van der Waals surface area contributed by atoms with E-state index in [4.69, 9.17) is 9.47 Å². The molecular weight excluding hydrogens is 204 g/mol. The maximum atomic E-state index is 5.14. The van der Waals surface area contributed by atoms with Crippen LogP contribution in [0.15, 0.2) is 24.3 Å². The van der Waals surface area contributed by atoms with E-state index >= 15 is 0 Å². The van der Waals surface area contributed by atoms with Gasteiger partial charge < -0.3 is 20.1 Å². The monoisotopic (exact) mass is 224 g/mol. The number of hydrogen-bond donors (Lipinski definition) is 2. The van der Waals surface area contributed by atoms with Crippen LogP contribution in [-0.4, -0.2) is 40.5 Å². The second-order valence-electron chi connectivity index (χ2n) is 3.40. The number of nitrogens with one attached hydrogen (secondary N) is 2. The van der Waals surface area contributed by atoms with Crippen LogP contribution in [-0.2, 0) is 4.74 Å². The van der Waals surface area contributed by atoms with Crippen LogP contribution < -0.4 is 15.4 Å². The third-order valence-corrected chi connectivity index (χ3v) is 2.18. The van der Waals surface area contributed by atoms with E-state index in [0.29, 0.717) is 0 Å². The van der Waals surface area contributed by atoms with Gasteiger partial charge in [-0.25, -0.2) is 0 Å². The largest absolute Gasteiger partial charge is 0.497 e. The maximum Gasteiger partial charge on any atom is 0.120 e. The molecule has 0 amide bonds. The highest BCUT2D eigenvalue weighted by Crippen LogP contribution is 2.15. The molecule has 0 heterocycles. The molecule has 2 N–H and O–H groups in total. The topological polar surface area (TPSA) is 42.5 Å². The molecule has 0 spiro atoms. The molecule has 0 radical (unpaired) electrons. The highest BCUT2D eigenvalue weighted by Gasteiger charge is 1.94. The lowest BCUT2D eigenvalue weighted by Crippen LogP contribution is -2.25. The van der Waals surface area contributed by atoms with Gasteiger partial charge in [-0.3, -0.25) is 0 Å². The Hall–Kier alpha value is -1.26. The molecule has 0 saturated carbocycles. The summed E-state index contributed by atoms with van der Waals surface area (Å²) < 4.78 is 10.1. The van der Waals surface area contributed by atoms with Crippen LogP contribution in [0.1, 0.15) is 0 Å². The van der Waals surface area contributed by atoms with Crippen molar-refractivity contribution in [3.8, 4) is 5.75 Å². The third kappa shape index (κ3) is 5.00. The number of rotatable bonds is 8.